The van der Waals surface area contributed by atoms with Gasteiger partial charge in [0.05, 0.1) is 13.2 Å². The van der Waals surface area contributed by atoms with E-state index in [9.17, 15) is 0 Å². The number of nitrogens with zero attached hydrogens (tertiary/aromatic N) is 8. The molecule has 0 bridgehead atoms. The highest BCUT2D eigenvalue weighted by molar-refractivity contribution is 5.94. The number of fused-ring (bicyclic) bond motifs is 1. The minimum atomic E-state index is 0.631. The maximum atomic E-state index is 5.62. The summed E-state index contributed by atoms with van der Waals surface area (Å²) >= 11 is 0. The molecule has 0 spiro atoms. The van der Waals surface area contributed by atoms with Gasteiger partial charge in [0.2, 0.25) is 5.95 Å². The summed E-state index contributed by atoms with van der Waals surface area (Å²) in [6.07, 6.45) is 3.89. The van der Waals surface area contributed by atoms with E-state index in [0.29, 0.717) is 19.3 Å². The summed E-state index contributed by atoms with van der Waals surface area (Å²) < 4.78 is 5.62. The molecule has 2 fully saturated rings. The molecular formula is C27H38N8O. The third kappa shape index (κ3) is 5.22. The smallest absolute Gasteiger partial charge is 0.228 e. The third-order valence-electron chi connectivity index (χ3n) is 7.44. The van der Waals surface area contributed by atoms with Crippen LogP contribution in [0.2, 0.25) is 0 Å². The quantitative estimate of drug-likeness (QED) is 0.473. The van der Waals surface area contributed by atoms with Crippen LogP contribution in [-0.4, -0.2) is 90.4 Å². The molecule has 2 aromatic heterocycles. The van der Waals surface area contributed by atoms with Crippen molar-refractivity contribution in [1.82, 2.24) is 24.8 Å². The molecule has 0 atom stereocenters. The first-order chi connectivity index (χ1) is 17.7. The molecular weight excluding hydrogens is 452 g/mol. The minimum absolute atomic E-state index is 0.631. The first kappa shape index (κ1) is 24.6. The molecule has 4 heterocycles. The summed E-state index contributed by atoms with van der Waals surface area (Å²) in [6.45, 7) is 12.4. The van der Waals surface area contributed by atoms with Gasteiger partial charge in [-0.25, -0.2) is 15.0 Å². The van der Waals surface area contributed by atoms with E-state index in [1.807, 2.05) is 6.07 Å². The summed E-state index contributed by atoms with van der Waals surface area (Å²) in [4.78, 5) is 28.9. The van der Waals surface area contributed by atoms with E-state index in [1.54, 1.807) is 6.33 Å². The number of benzene rings is 1. The summed E-state index contributed by atoms with van der Waals surface area (Å²) in [5.41, 5.74) is 2.85. The highest BCUT2D eigenvalue weighted by atomic mass is 16.5. The lowest BCUT2D eigenvalue weighted by atomic mass is 10.0. The van der Waals surface area contributed by atoms with Crippen molar-refractivity contribution in [2.45, 2.75) is 39.3 Å². The van der Waals surface area contributed by atoms with Crippen molar-refractivity contribution in [3.05, 3.63) is 42.2 Å². The lowest BCUT2D eigenvalue weighted by Gasteiger charge is -2.38. The van der Waals surface area contributed by atoms with Crippen molar-refractivity contribution in [1.29, 1.82) is 0 Å². The van der Waals surface area contributed by atoms with Crippen LogP contribution in [0.1, 0.15) is 32.3 Å². The van der Waals surface area contributed by atoms with Gasteiger partial charge < -0.3 is 24.3 Å². The van der Waals surface area contributed by atoms with E-state index in [4.69, 9.17) is 14.7 Å². The second-order valence-electron chi connectivity index (χ2n) is 9.62. The number of ether oxygens (including phenoxy) is 1. The normalized spacial score (nSPS) is 17.2. The van der Waals surface area contributed by atoms with E-state index in [0.717, 1.165) is 87.3 Å². The molecule has 36 heavy (non-hydrogen) atoms. The number of hydrogen-bond acceptors (Lipinski definition) is 9. The van der Waals surface area contributed by atoms with Crippen molar-refractivity contribution in [2.75, 3.05) is 74.2 Å². The van der Waals surface area contributed by atoms with Crippen LogP contribution >= 0.6 is 0 Å². The number of rotatable bonds is 8. The Bertz CT molecular complexity index is 1130. The zero-order valence-electron chi connectivity index (χ0n) is 21.8. The fourth-order valence-corrected chi connectivity index (χ4v) is 5.43. The second kappa shape index (κ2) is 11.3. The number of piperidine rings is 1. The number of aromatic nitrogens is 4. The summed E-state index contributed by atoms with van der Waals surface area (Å²) in [5.74, 6) is 2.51. The van der Waals surface area contributed by atoms with E-state index in [-0.39, 0.29) is 0 Å². The van der Waals surface area contributed by atoms with Crippen LogP contribution in [0, 0.1) is 0 Å². The summed E-state index contributed by atoms with van der Waals surface area (Å²) in [5, 5.41) is 0. The highest BCUT2D eigenvalue weighted by Crippen LogP contribution is 2.31. The highest BCUT2D eigenvalue weighted by Gasteiger charge is 2.27. The van der Waals surface area contributed by atoms with E-state index in [2.05, 4.69) is 74.7 Å². The van der Waals surface area contributed by atoms with Crippen molar-refractivity contribution in [2.24, 2.45) is 0 Å². The standard InChI is InChI=1S/C27H38N8O/c1-4-33(5-2)22-11-13-35(14-12-22)27-30-24-23(26(31-27)34-15-17-36-18-16-34)28-20-29-25(24)32(3)19-21-9-7-6-8-10-21/h6-10,20,22H,4-5,11-19H2,1-3H3. The Morgan fingerprint density at radius 2 is 1.61 bits per heavy atom. The van der Waals surface area contributed by atoms with Gasteiger partial charge in [0, 0.05) is 45.8 Å². The maximum absolute atomic E-state index is 5.62. The molecule has 2 aliphatic rings. The van der Waals surface area contributed by atoms with Gasteiger partial charge in [-0.2, -0.15) is 4.98 Å². The Morgan fingerprint density at radius 3 is 2.31 bits per heavy atom. The molecule has 1 aromatic carbocycles. The average Bonchev–Trinajstić information content (AvgIpc) is 2.94. The molecule has 0 aliphatic carbocycles. The van der Waals surface area contributed by atoms with Crippen LogP contribution in [0.15, 0.2) is 36.7 Å². The first-order valence-corrected chi connectivity index (χ1v) is 13.3. The summed E-state index contributed by atoms with van der Waals surface area (Å²) in [7, 11) is 2.07. The monoisotopic (exact) mass is 490 g/mol. The van der Waals surface area contributed by atoms with Crippen molar-refractivity contribution in [3.8, 4) is 0 Å². The van der Waals surface area contributed by atoms with Gasteiger partial charge in [-0.1, -0.05) is 44.2 Å². The Balaban J connectivity index is 1.50. The number of hydrogen-bond donors (Lipinski definition) is 0. The van der Waals surface area contributed by atoms with Crippen molar-refractivity contribution in [3.63, 3.8) is 0 Å². The minimum Gasteiger partial charge on any atom is -0.378 e. The predicted molar refractivity (Wildman–Crippen MR) is 145 cm³/mol. The number of morpholine rings is 1. The molecule has 3 aromatic rings. The Kier molecular flexibility index (Phi) is 7.77. The molecule has 2 saturated heterocycles. The van der Waals surface area contributed by atoms with Gasteiger partial charge >= 0.3 is 0 Å². The van der Waals surface area contributed by atoms with Crippen LogP contribution in [-0.2, 0) is 11.3 Å². The third-order valence-corrected chi connectivity index (χ3v) is 7.44. The van der Waals surface area contributed by atoms with Crippen molar-refractivity contribution < 1.29 is 4.74 Å². The Labute approximate surface area is 214 Å². The van der Waals surface area contributed by atoms with E-state index in [1.165, 1.54) is 5.56 Å². The van der Waals surface area contributed by atoms with Crippen LogP contribution < -0.4 is 14.7 Å². The van der Waals surface area contributed by atoms with Gasteiger partial charge in [-0.3, -0.25) is 0 Å². The molecule has 0 saturated carbocycles. The molecule has 0 unspecified atom stereocenters. The fourth-order valence-electron chi connectivity index (χ4n) is 5.43. The molecule has 0 amide bonds. The van der Waals surface area contributed by atoms with Crippen molar-refractivity contribution >= 4 is 28.6 Å². The fraction of sp³-hybridized carbons (Fsp3) is 0.556. The topological polar surface area (TPSA) is 73.8 Å². The second-order valence-corrected chi connectivity index (χ2v) is 9.62. The molecule has 9 heteroatoms. The van der Waals surface area contributed by atoms with Crippen LogP contribution in [0.3, 0.4) is 0 Å². The van der Waals surface area contributed by atoms with E-state index >= 15 is 0 Å². The van der Waals surface area contributed by atoms with Crippen LogP contribution in [0.4, 0.5) is 17.6 Å². The number of anilines is 3. The van der Waals surface area contributed by atoms with Gasteiger partial charge in [0.25, 0.3) is 0 Å². The zero-order chi connectivity index (χ0) is 24.9. The molecule has 0 radical (unpaired) electrons. The Morgan fingerprint density at radius 1 is 0.889 bits per heavy atom. The lowest BCUT2D eigenvalue weighted by Crippen LogP contribution is -2.45. The van der Waals surface area contributed by atoms with Gasteiger partial charge in [-0.15, -0.1) is 0 Å². The Hall–Kier alpha value is -3.04. The van der Waals surface area contributed by atoms with Crippen LogP contribution in [0.25, 0.3) is 11.0 Å². The largest absolute Gasteiger partial charge is 0.378 e. The predicted octanol–water partition coefficient (Wildman–Crippen LogP) is 3.20. The first-order valence-electron chi connectivity index (χ1n) is 13.3. The average molecular weight is 491 g/mol. The zero-order valence-corrected chi connectivity index (χ0v) is 21.8. The summed E-state index contributed by atoms with van der Waals surface area (Å²) in [6, 6.07) is 11.1. The van der Waals surface area contributed by atoms with Gasteiger partial charge in [0.1, 0.15) is 17.4 Å². The lowest BCUT2D eigenvalue weighted by molar-refractivity contribution is 0.122. The van der Waals surface area contributed by atoms with Gasteiger partial charge in [-0.05, 0) is 31.5 Å². The SMILES string of the molecule is CCN(CC)C1CCN(c2nc(N3CCOCC3)c3ncnc(N(C)Cc4ccccc4)c3n2)CC1. The molecule has 192 valence electrons. The van der Waals surface area contributed by atoms with E-state index < -0.39 is 0 Å². The molecule has 9 nitrogen and oxygen atoms in total. The maximum Gasteiger partial charge on any atom is 0.228 e. The molecule has 5 rings (SSSR count). The molecule has 2 aliphatic heterocycles. The molecule has 0 N–H and O–H groups in total. The van der Waals surface area contributed by atoms with Gasteiger partial charge in [0.15, 0.2) is 11.6 Å². The van der Waals surface area contributed by atoms with Crippen LogP contribution in [0.5, 0.6) is 0 Å².